The monoisotopic (exact) mass is 432 g/mol. The Labute approximate surface area is 155 Å². The largest absolute Gasteiger partial charge is 0.416 e. The third-order valence-electron chi connectivity index (χ3n) is 4.78. The van der Waals surface area contributed by atoms with Crippen molar-refractivity contribution in [3.63, 3.8) is 0 Å². The fourth-order valence-corrected chi connectivity index (χ4v) is 5.14. The van der Waals surface area contributed by atoms with Gasteiger partial charge in [0.2, 0.25) is 14.8 Å². The molecule has 1 saturated carbocycles. The summed E-state index contributed by atoms with van der Waals surface area (Å²) in [5, 5.41) is -2.72. The maximum absolute atomic E-state index is 15.3. The lowest BCUT2D eigenvalue weighted by Gasteiger charge is -2.39. The molecule has 0 radical (unpaired) electrons. The van der Waals surface area contributed by atoms with Gasteiger partial charge < -0.3 is 0 Å². The summed E-state index contributed by atoms with van der Waals surface area (Å²) in [6.45, 7) is 1.43. The number of sulfone groups is 1. The summed E-state index contributed by atoms with van der Waals surface area (Å²) in [6, 6.07) is 3.00. The summed E-state index contributed by atoms with van der Waals surface area (Å²) < 4.78 is 106. The van der Waals surface area contributed by atoms with E-state index in [0.717, 1.165) is 18.4 Å². The number of alkyl halides is 4. The first-order chi connectivity index (χ1) is 12.1. The van der Waals surface area contributed by atoms with Crippen molar-refractivity contribution >= 4 is 20.0 Å². The molecule has 0 unspecified atom stereocenters. The predicted octanol–water partition coefficient (Wildman–Crippen LogP) is 3.70. The first-order valence-corrected chi connectivity index (χ1v) is 11.3. The van der Waals surface area contributed by atoms with E-state index in [1.54, 1.807) is 6.92 Å². The van der Waals surface area contributed by atoms with Gasteiger partial charge in [-0.15, -0.1) is 0 Å². The van der Waals surface area contributed by atoms with Crippen LogP contribution < -0.4 is 0 Å². The van der Waals surface area contributed by atoms with Crippen LogP contribution in [0.3, 0.4) is 0 Å². The SMILES string of the molecule is CC1(COS(C)(=O)=O)CCC(F)(S(=O)(=O)c2cccc(C(F)(F)F)c2)CC1. The quantitative estimate of drug-likeness (QED) is 0.524. The minimum Gasteiger partial charge on any atom is -0.270 e. The molecule has 0 spiro atoms. The minimum atomic E-state index is -4.75. The first kappa shape index (κ1) is 22.1. The van der Waals surface area contributed by atoms with Crippen LogP contribution in [0.1, 0.15) is 38.2 Å². The molecule has 1 fully saturated rings. The van der Waals surface area contributed by atoms with Gasteiger partial charge in [0.1, 0.15) is 0 Å². The van der Waals surface area contributed by atoms with Crippen molar-refractivity contribution in [2.45, 2.75) is 48.7 Å². The van der Waals surface area contributed by atoms with Crippen LogP contribution in [0.2, 0.25) is 0 Å². The number of halogens is 4. The van der Waals surface area contributed by atoms with Gasteiger partial charge in [-0.2, -0.15) is 21.6 Å². The number of rotatable bonds is 5. The molecule has 2 rings (SSSR count). The van der Waals surface area contributed by atoms with Gasteiger partial charge in [0.05, 0.1) is 23.3 Å². The smallest absolute Gasteiger partial charge is 0.270 e. The second-order valence-corrected chi connectivity index (χ2v) is 11.0. The van der Waals surface area contributed by atoms with E-state index >= 15 is 4.39 Å². The first-order valence-electron chi connectivity index (χ1n) is 8.03. The Hall–Kier alpha value is -1.20. The molecule has 0 aromatic heterocycles. The van der Waals surface area contributed by atoms with Gasteiger partial charge in [-0.1, -0.05) is 13.0 Å². The van der Waals surface area contributed by atoms with Crippen molar-refractivity contribution in [3.05, 3.63) is 29.8 Å². The highest BCUT2D eigenvalue weighted by Crippen LogP contribution is 2.47. The molecule has 1 aliphatic carbocycles. The Morgan fingerprint density at radius 2 is 1.63 bits per heavy atom. The Balaban J connectivity index is 2.23. The highest BCUT2D eigenvalue weighted by atomic mass is 32.2. The Morgan fingerprint density at radius 3 is 2.11 bits per heavy atom. The lowest BCUT2D eigenvalue weighted by Crippen LogP contribution is -2.42. The molecule has 11 heteroatoms. The number of hydrogen-bond acceptors (Lipinski definition) is 5. The average Bonchev–Trinajstić information content (AvgIpc) is 2.55. The molecular formula is C16H20F4O5S2. The maximum Gasteiger partial charge on any atom is 0.416 e. The summed E-state index contributed by atoms with van der Waals surface area (Å²) >= 11 is 0. The van der Waals surface area contributed by atoms with E-state index in [-0.39, 0.29) is 19.4 Å². The molecule has 0 N–H and O–H groups in total. The standard InChI is InChI=1S/C16H20F4O5S2/c1-14(11-25-26(2,21)22)6-8-15(17,9-7-14)27(23,24)13-5-3-4-12(10-13)16(18,19)20/h3-5,10H,6-9,11H2,1-2H3. The lowest BCUT2D eigenvalue weighted by molar-refractivity contribution is -0.137. The van der Waals surface area contributed by atoms with Gasteiger partial charge in [0.15, 0.2) is 0 Å². The van der Waals surface area contributed by atoms with E-state index in [1.807, 2.05) is 0 Å². The van der Waals surface area contributed by atoms with Crippen molar-refractivity contribution in [2.75, 3.05) is 12.9 Å². The number of benzene rings is 1. The van der Waals surface area contributed by atoms with Crippen LogP contribution in [0.4, 0.5) is 17.6 Å². The van der Waals surface area contributed by atoms with Crippen LogP contribution in [0.5, 0.6) is 0 Å². The Bertz CT molecular complexity index is 899. The molecule has 1 aromatic rings. The van der Waals surface area contributed by atoms with Crippen LogP contribution >= 0.6 is 0 Å². The maximum atomic E-state index is 15.3. The molecule has 1 aliphatic rings. The molecule has 0 amide bonds. The summed E-state index contributed by atoms with van der Waals surface area (Å²) in [6.07, 6.45) is -4.78. The third-order valence-corrected chi connectivity index (χ3v) is 7.57. The van der Waals surface area contributed by atoms with Crippen molar-refractivity contribution in [2.24, 2.45) is 5.41 Å². The Morgan fingerprint density at radius 1 is 1.07 bits per heavy atom. The van der Waals surface area contributed by atoms with E-state index < -0.39 is 59.8 Å². The highest BCUT2D eigenvalue weighted by Gasteiger charge is 2.51. The molecule has 27 heavy (non-hydrogen) atoms. The molecule has 0 atom stereocenters. The molecule has 0 saturated heterocycles. The number of hydrogen-bond donors (Lipinski definition) is 0. The zero-order valence-corrected chi connectivity index (χ0v) is 16.3. The van der Waals surface area contributed by atoms with Crippen LogP contribution in [0.15, 0.2) is 29.2 Å². The molecule has 5 nitrogen and oxygen atoms in total. The minimum absolute atomic E-state index is 0.0111. The average molecular weight is 432 g/mol. The van der Waals surface area contributed by atoms with Gasteiger partial charge in [-0.25, -0.2) is 12.8 Å². The van der Waals surface area contributed by atoms with Crippen LogP contribution in [-0.4, -0.2) is 34.7 Å². The second kappa shape index (κ2) is 7.00. The van der Waals surface area contributed by atoms with Gasteiger partial charge in [-0.3, -0.25) is 4.18 Å². The highest BCUT2D eigenvalue weighted by molar-refractivity contribution is 7.92. The fourth-order valence-electron chi connectivity index (χ4n) is 2.94. The van der Waals surface area contributed by atoms with E-state index in [2.05, 4.69) is 0 Å². The zero-order chi connectivity index (χ0) is 20.7. The molecule has 1 aromatic carbocycles. The van der Waals surface area contributed by atoms with Crippen molar-refractivity contribution < 1.29 is 38.6 Å². The summed E-state index contributed by atoms with van der Waals surface area (Å²) in [4.78, 5) is -0.726. The Kier molecular flexibility index (Phi) is 5.73. The molecule has 0 heterocycles. The predicted molar refractivity (Wildman–Crippen MR) is 89.8 cm³/mol. The summed E-state index contributed by atoms with van der Waals surface area (Å²) in [5.74, 6) is 0. The second-order valence-electron chi connectivity index (χ2n) is 7.19. The van der Waals surface area contributed by atoms with Crippen LogP contribution in [-0.2, 0) is 30.3 Å². The van der Waals surface area contributed by atoms with Crippen molar-refractivity contribution in [1.82, 2.24) is 0 Å². The zero-order valence-electron chi connectivity index (χ0n) is 14.7. The van der Waals surface area contributed by atoms with Gasteiger partial charge in [0.25, 0.3) is 10.1 Å². The fraction of sp³-hybridized carbons (Fsp3) is 0.625. The van der Waals surface area contributed by atoms with Crippen molar-refractivity contribution in [3.8, 4) is 0 Å². The van der Waals surface area contributed by atoms with Crippen LogP contribution in [0.25, 0.3) is 0 Å². The third kappa shape index (κ3) is 5.00. The van der Waals surface area contributed by atoms with Gasteiger partial charge in [0, 0.05) is 0 Å². The molecular weight excluding hydrogens is 412 g/mol. The van der Waals surface area contributed by atoms with E-state index in [9.17, 15) is 30.0 Å². The van der Waals surface area contributed by atoms with Gasteiger partial charge >= 0.3 is 6.18 Å². The van der Waals surface area contributed by atoms with E-state index in [1.165, 1.54) is 0 Å². The van der Waals surface area contributed by atoms with Crippen LogP contribution in [0, 0.1) is 5.41 Å². The van der Waals surface area contributed by atoms with Gasteiger partial charge in [-0.05, 0) is 49.3 Å². The normalized spacial score (nSPS) is 27.5. The molecule has 0 bridgehead atoms. The molecule has 0 aliphatic heterocycles. The summed E-state index contributed by atoms with van der Waals surface area (Å²) in [5.41, 5.74) is -1.92. The summed E-state index contributed by atoms with van der Waals surface area (Å²) in [7, 11) is -8.36. The topological polar surface area (TPSA) is 77.5 Å². The lowest BCUT2D eigenvalue weighted by atomic mass is 9.75. The molecule has 154 valence electrons. The van der Waals surface area contributed by atoms with E-state index in [0.29, 0.717) is 12.1 Å². The van der Waals surface area contributed by atoms with Crippen molar-refractivity contribution in [1.29, 1.82) is 0 Å². The van der Waals surface area contributed by atoms with E-state index in [4.69, 9.17) is 4.18 Å².